The Balaban J connectivity index is 2.19. The van der Waals surface area contributed by atoms with Crippen LogP contribution in [0.5, 0.6) is 5.75 Å². The molecular weight excluding hydrogens is 260 g/mol. The molecule has 6 nitrogen and oxygen atoms in total. The molecule has 102 valence electrons. The molecule has 0 aliphatic rings. The van der Waals surface area contributed by atoms with E-state index in [-0.39, 0.29) is 11.3 Å². The Labute approximate surface area is 114 Å². The molecule has 2 N–H and O–H groups in total. The van der Waals surface area contributed by atoms with E-state index in [2.05, 4.69) is 0 Å². The molecule has 0 aromatic heterocycles. The van der Waals surface area contributed by atoms with E-state index in [0.717, 1.165) is 5.56 Å². The second kappa shape index (κ2) is 5.83. The molecule has 6 heteroatoms. The summed E-state index contributed by atoms with van der Waals surface area (Å²) in [5.41, 5.74) is 5.58. The van der Waals surface area contributed by atoms with Crippen molar-refractivity contribution in [3.05, 3.63) is 69.8 Å². The highest BCUT2D eigenvalue weighted by atomic mass is 16.6. The van der Waals surface area contributed by atoms with Gasteiger partial charge < -0.3 is 10.5 Å². The summed E-state index contributed by atoms with van der Waals surface area (Å²) in [6.45, 7) is 0.302. The van der Waals surface area contributed by atoms with Gasteiger partial charge in [-0.15, -0.1) is 0 Å². The summed E-state index contributed by atoms with van der Waals surface area (Å²) < 4.78 is 5.49. The summed E-state index contributed by atoms with van der Waals surface area (Å²) >= 11 is 0. The molecule has 0 unspecified atom stereocenters. The van der Waals surface area contributed by atoms with Gasteiger partial charge in [0.25, 0.3) is 11.6 Å². The summed E-state index contributed by atoms with van der Waals surface area (Å²) in [6.07, 6.45) is 0. The topological polar surface area (TPSA) is 95.5 Å². The van der Waals surface area contributed by atoms with Gasteiger partial charge in [0.05, 0.1) is 4.92 Å². The van der Waals surface area contributed by atoms with E-state index in [4.69, 9.17) is 10.5 Å². The summed E-state index contributed by atoms with van der Waals surface area (Å²) in [5.74, 6) is -0.505. The number of carbonyl (C=O) groups excluding carboxylic acids is 1. The maximum atomic E-state index is 11.2. The maximum Gasteiger partial charge on any atom is 0.282 e. The fourth-order valence-corrected chi connectivity index (χ4v) is 1.70. The Morgan fingerprint density at radius 2 is 1.90 bits per heavy atom. The smallest absolute Gasteiger partial charge is 0.282 e. The third-order valence-corrected chi connectivity index (χ3v) is 2.68. The summed E-state index contributed by atoms with van der Waals surface area (Å²) in [7, 11) is 0. The van der Waals surface area contributed by atoms with Gasteiger partial charge in [-0.1, -0.05) is 30.3 Å². The van der Waals surface area contributed by atoms with Gasteiger partial charge in [-0.05, 0) is 17.7 Å². The number of nitro benzene ring substituents is 1. The van der Waals surface area contributed by atoms with Crippen LogP contribution in [0, 0.1) is 10.1 Å². The van der Waals surface area contributed by atoms with Crippen molar-refractivity contribution in [2.45, 2.75) is 6.61 Å². The van der Waals surface area contributed by atoms with Gasteiger partial charge in [-0.25, -0.2) is 0 Å². The first-order valence-electron chi connectivity index (χ1n) is 5.83. The summed E-state index contributed by atoms with van der Waals surface area (Å²) in [4.78, 5) is 21.3. The van der Waals surface area contributed by atoms with E-state index >= 15 is 0 Å². The third-order valence-electron chi connectivity index (χ3n) is 2.68. The second-order valence-electron chi connectivity index (χ2n) is 4.07. The van der Waals surface area contributed by atoms with E-state index in [0.29, 0.717) is 12.4 Å². The zero-order valence-electron chi connectivity index (χ0n) is 10.5. The van der Waals surface area contributed by atoms with Crippen molar-refractivity contribution < 1.29 is 14.5 Å². The van der Waals surface area contributed by atoms with Crippen LogP contribution in [0.4, 0.5) is 5.69 Å². The number of carbonyl (C=O) groups is 1. The number of hydrogen-bond donors (Lipinski definition) is 1. The molecule has 0 aliphatic carbocycles. The number of hydrogen-bond acceptors (Lipinski definition) is 4. The lowest BCUT2D eigenvalue weighted by Gasteiger charge is -2.07. The highest BCUT2D eigenvalue weighted by Gasteiger charge is 2.18. The van der Waals surface area contributed by atoms with Crippen molar-refractivity contribution in [2.75, 3.05) is 0 Å². The zero-order chi connectivity index (χ0) is 14.5. The monoisotopic (exact) mass is 272 g/mol. The van der Waals surface area contributed by atoms with Gasteiger partial charge >= 0.3 is 0 Å². The molecular formula is C14H12N2O4. The number of nitrogens with two attached hydrogens (primary N) is 1. The van der Waals surface area contributed by atoms with Crippen LogP contribution >= 0.6 is 0 Å². The van der Waals surface area contributed by atoms with Crippen molar-refractivity contribution in [3.8, 4) is 5.75 Å². The van der Waals surface area contributed by atoms with E-state index in [1.807, 2.05) is 30.3 Å². The number of nitro groups is 1. The third kappa shape index (κ3) is 3.11. The quantitative estimate of drug-likeness (QED) is 0.667. The normalized spacial score (nSPS) is 10.0. The predicted octanol–water partition coefficient (Wildman–Crippen LogP) is 2.27. The molecule has 2 aromatic carbocycles. The molecule has 0 aliphatic heterocycles. The molecule has 0 spiro atoms. The first-order chi connectivity index (χ1) is 9.58. The summed E-state index contributed by atoms with van der Waals surface area (Å²) in [6, 6.07) is 13.4. The van der Waals surface area contributed by atoms with Gasteiger partial charge in [0, 0.05) is 6.07 Å². The van der Waals surface area contributed by atoms with Crippen LogP contribution in [0.2, 0.25) is 0 Å². The second-order valence-corrected chi connectivity index (χ2v) is 4.07. The van der Waals surface area contributed by atoms with Gasteiger partial charge in [-0.3, -0.25) is 14.9 Å². The Hall–Kier alpha value is -2.89. The number of primary amides is 1. The molecule has 0 atom stereocenters. The first-order valence-corrected chi connectivity index (χ1v) is 5.83. The Kier molecular flexibility index (Phi) is 3.95. The Morgan fingerprint density at radius 1 is 1.20 bits per heavy atom. The van der Waals surface area contributed by atoms with E-state index < -0.39 is 10.8 Å². The summed E-state index contributed by atoms with van der Waals surface area (Å²) in [5, 5.41) is 10.8. The molecule has 0 bridgehead atoms. The lowest BCUT2D eigenvalue weighted by atomic mass is 10.1. The molecule has 2 rings (SSSR count). The fourth-order valence-electron chi connectivity index (χ4n) is 1.70. The van der Waals surface area contributed by atoms with Gasteiger partial charge in [0.1, 0.15) is 17.9 Å². The standard InChI is InChI=1S/C14H12N2O4/c15-14(17)12-8-11(6-7-13(12)16(18)19)20-9-10-4-2-1-3-5-10/h1-8H,9H2,(H2,15,17). The molecule has 0 saturated heterocycles. The molecule has 0 fully saturated rings. The molecule has 0 saturated carbocycles. The Morgan fingerprint density at radius 3 is 2.50 bits per heavy atom. The van der Waals surface area contributed by atoms with Gasteiger partial charge in [0.2, 0.25) is 0 Å². The maximum absolute atomic E-state index is 11.2. The van der Waals surface area contributed by atoms with Crippen LogP contribution in [-0.4, -0.2) is 10.8 Å². The van der Waals surface area contributed by atoms with Gasteiger partial charge in [0.15, 0.2) is 0 Å². The predicted molar refractivity (Wildman–Crippen MR) is 72.4 cm³/mol. The van der Waals surface area contributed by atoms with Crippen LogP contribution in [0.1, 0.15) is 15.9 Å². The average molecular weight is 272 g/mol. The largest absolute Gasteiger partial charge is 0.489 e. The molecule has 2 aromatic rings. The minimum atomic E-state index is -0.859. The Bertz CT molecular complexity index is 641. The minimum absolute atomic E-state index is 0.166. The number of amides is 1. The van der Waals surface area contributed by atoms with Crippen LogP contribution in [0.15, 0.2) is 48.5 Å². The van der Waals surface area contributed by atoms with E-state index in [1.165, 1.54) is 18.2 Å². The molecule has 0 heterocycles. The van der Waals surface area contributed by atoms with Crippen molar-refractivity contribution in [3.63, 3.8) is 0 Å². The number of rotatable bonds is 5. The number of benzene rings is 2. The number of nitrogens with zero attached hydrogens (tertiary/aromatic N) is 1. The SMILES string of the molecule is NC(=O)c1cc(OCc2ccccc2)ccc1[N+](=O)[O-]. The fraction of sp³-hybridized carbons (Fsp3) is 0.0714. The van der Waals surface area contributed by atoms with Crippen molar-refractivity contribution >= 4 is 11.6 Å². The van der Waals surface area contributed by atoms with Crippen LogP contribution in [-0.2, 0) is 6.61 Å². The minimum Gasteiger partial charge on any atom is -0.489 e. The highest BCUT2D eigenvalue weighted by molar-refractivity contribution is 5.97. The van der Waals surface area contributed by atoms with Crippen molar-refractivity contribution in [2.24, 2.45) is 5.73 Å². The van der Waals surface area contributed by atoms with Crippen LogP contribution in [0.25, 0.3) is 0 Å². The lowest BCUT2D eigenvalue weighted by molar-refractivity contribution is -0.385. The molecule has 0 radical (unpaired) electrons. The molecule has 20 heavy (non-hydrogen) atoms. The van der Waals surface area contributed by atoms with Crippen LogP contribution in [0.3, 0.4) is 0 Å². The average Bonchev–Trinajstić information content (AvgIpc) is 2.45. The van der Waals surface area contributed by atoms with Gasteiger partial charge in [-0.2, -0.15) is 0 Å². The first kappa shape index (κ1) is 13.5. The zero-order valence-corrected chi connectivity index (χ0v) is 10.5. The van der Waals surface area contributed by atoms with Crippen molar-refractivity contribution in [1.82, 2.24) is 0 Å². The lowest BCUT2D eigenvalue weighted by Crippen LogP contribution is -2.13. The van der Waals surface area contributed by atoms with E-state index in [9.17, 15) is 14.9 Å². The highest BCUT2D eigenvalue weighted by Crippen LogP contribution is 2.24. The van der Waals surface area contributed by atoms with Crippen molar-refractivity contribution in [1.29, 1.82) is 0 Å². The van der Waals surface area contributed by atoms with E-state index in [1.54, 1.807) is 0 Å². The van der Waals surface area contributed by atoms with Crippen LogP contribution < -0.4 is 10.5 Å². The molecule has 1 amide bonds. The number of ether oxygens (including phenoxy) is 1.